The fraction of sp³-hybridized carbons (Fsp3) is 0.278. The number of carbonyl (C=O) groups is 1. The van der Waals surface area contributed by atoms with Gasteiger partial charge in [-0.25, -0.2) is 0 Å². The van der Waals surface area contributed by atoms with Gasteiger partial charge in [-0.05, 0) is 39.0 Å². The van der Waals surface area contributed by atoms with Crippen LogP contribution in [0.15, 0.2) is 28.8 Å². The van der Waals surface area contributed by atoms with Gasteiger partial charge in [0.1, 0.15) is 17.1 Å². The van der Waals surface area contributed by atoms with Gasteiger partial charge in [0.25, 0.3) is 5.91 Å². The molecular formula is C18H16F3N5O4. The van der Waals surface area contributed by atoms with E-state index < -0.39 is 22.6 Å². The number of hydrogen-bond acceptors (Lipinski definition) is 6. The highest BCUT2D eigenvalue weighted by Crippen LogP contribution is 2.31. The van der Waals surface area contributed by atoms with Crippen LogP contribution in [0.5, 0.6) is 0 Å². The number of aromatic nitrogens is 3. The summed E-state index contributed by atoms with van der Waals surface area (Å²) >= 11 is 0. The number of carbonyl (C=O) groups excluding carboxylic acids is 1. The van der Waals surface area contributed by atoms with Gasteiger partial charge in [0.2, 0.25) is 0 Å². The molecule has 0 atom stereocenters. The lowest BCUT2D eigenvalue weighted by atomic mass is 10.1. The summed E-state index contributed by atoms with van der Waals surface area (Å²) in [6.07, 6.45) is -4.55. The summed E-state index contributed by atoms with van der Waals surface area (Å²) in [6.45, 7) is 4.51. The van der Waals surface area contributed by atoms with E-state index in [9.17, 15) is 28.1 Å². The van der Waals surface area contributed by atoms with Crippen molar-refractivity contribution in [2.24, 2.45) is 0 Å². The molecule has 1 amide bonds. The van der Waals surface area contributed by atoms with Gasteiger partial charge >= 0.3 is 11.9 Å². The zero-order valence-electron chi connectivity index (χ0n) is 16.1. The third-order valence-corrected chi connectivity index (χ3v) is 4.48. The van der Waals surface area contributed by atoms with E-state index in [0.717, 1.165) is 12.1 Å². The quantitative estimate of drug-likeness (QED) is 0.489. The first kappa shape index (κ1) is 21.0. The largest absolute Gasteiger partial charge is 0.416 e. The monoisotopic (exact) mass is 423 g/mol. The van der Waals surface area contributed by atoms with Crippen LogP contribution in [0.2, 0.25) is 0 Å². The lowest BCUT2D eigenvalue weighted by molar-refractivity contribution is -0.386. The van der Waals surface area contributed by atoms with Gasteiger partial charge in [0, 0.05) is 11.3 Å². The Morgan fingerprint density at radius 3 is 2.60 bits per heavy atom. The summed E-state index contributed by atoms with van der Waals surface area (Å²) in [5.74, 6) is -0.503. The molecule has 0 bridgehead atoms. The number of alkyl halides is 3. The molecule has 3 rings (SSSR count). The third kappa shape index (κ3) is 4.02. The standard InChI is InChI=1S/C18H16F3N5O4/c1-9-16(26(28)29)10(2)25(23-9)8-14-11(3)30-24-15(14)17(27)22-13-6-4-5-12(7-13)18(19,20)21/h4-7H,8H2,1-3H3,(H,22,27). The van der Waals surface area contributed by atoms with E-state index in [1.165, 1.54) is 30.7 Å². The number of halogens is 3. The van der Waals surface area contributed by atoms with Crippen LogP contribution in [0.25, 0.3) is 0 Å². The van der Waals surface area contributed by atoms with Crippen LogP contribution in [0.4, 0.5) is 24.5 Å². The molecule has 0 saturated carbocycles. The van der Waals surface area contributed by atoms with Gasteiger partial charge in [-0.1, -0.05) is 11.2 Å². The van der Waals surface area contributed by atoms with E-state index in [1.807, 2.05) is 0 Å². The fourth-order valence-corrected chi connectivity index (χ4v) is 2.97. The number of aryl methyl sites for hydroxylation is 2. The normalized spacial score (nSPS) is 11.5. The predicted octanol–water partition coefficient (Wildman–Crippen LogP) is 4.02. The molecule has 3 aromatic rings. The summed E-state index contributed by atoms with van der Waals surface area (Å²) in [7, 11) is 0. The van der Waals surface area contributed by atoms with E-state index in [0.29, 0.717) is 5.56 Å². The molecule has 0 fully saturated rings. The molecule has 0 radical (unpaired) electrons. The maximum absolute atomic E-state index is 12.9. The van der Waals surface area contributed by atoms with E-state index in [1.54, 1.807) is 6.92 Å². The Bertz CT molecular complexity index is 1130. The Kier molecular flexibility index (Phi) is 5.33. The van der Waals surface area contributed by atoms with Crippen molar-refractivity contribution in [2.45, 2.75) is 33.5 Å². The minimum atomic E-state index is -4.55. The van der Waals surface area contributed by atoms with Gasteiger partial charge < -0.3 is 9.84 Å². The van der Waals surface area contributed by atoms with Gasteiger partial charge in [-0.3, -0.25) is 19.6 Å². The van der Waals surface area contributed by atoms with Crippen molar-refractivity contribution in [1.29, 1.82) is 0 Å². The highest BCUT2D eigenvalue weighted by Gasteiger charge is 2.31. The SMILES string of the molecule is Cc1nn(Cc2c(C(=O)Nc3cccc(C(F)(F)F)c3)noc2C)c(C)c1[N+](=O)[O-]. The Morgan fingerprint density at radius 1 is 1.30 bits per heavy atom. The lowest BCUT2D eigenvalue weighted by Crippen LogP contribution is -2.17. The van der Waals surface area contributed by atoms with Crippen LogP contribution in [0.1, 0.15) is 38.8 Å². The molecule has 12 heteroatoms. The van der Waals surface area contributed by atoms with E-state index in [4.69, 9.17) is 4.52 Å². The van der Waals surface area contributed by atoms with E-state index in [2.05, 4.69) is 15.6 Å². The number of hydrogen-bond donors (Lipinski definition) is 1. The highest BCUT2D eigenvalue weighted by atomic mass is 19.4. The van der Waals surface area contributed by atoms with Crippen LogP contribution in [0.3, 0.4) is 0 Å². The van der Waals surface area contributed by atoms with Gasteiger partial charge in [0.15, 0.2) is 5.69 Å². The van der Waals surface area contributed by atoms with Crippen molar-refractivity contribution in [3.05, 3.63) is 68.3 Å². The average Bonchev–Trinajstić information content (AvgIpc) is 3.14. The van der Waals surface area contributed by atoms with Crippen molar-refractivity contribution in [2.75, 3.05) is 5.32 Å². The van der Waals surface area contributed by atoms with Crippen molar-refractivity contribution in [3.8, 4) is 0 Å². The molecular weight excluding hydrogens is 407 g/mol. The Labute approximate surface area is 167 Å². The number of rotatable bonds is 5. The van der Waals surface area contributed by atoms with Gasteiger partial charge in [-0.15, -0.1) is 0 Å². The average molecular weight is 423 g/mol. The predicted molar refractivity (Wildman–Crippen MR) is 98.1 cm³/mol. The molecule has 0 saturated heterocycles. The third-order valence-electron chi connectivity index (χ3n) is 4.48. The fourth-order valence-electron chi connectivity index (χ4n) is 2.97. The number of nitrogens with zero attached hydrogens (tertiary/aromatic N) is 4. The maximum atomic E-state index is 12.9. The first-order valence-electron chi connectivity index (χ1n) is 8.61. The molecule has 2 aromatic heterocycles. The van der Waals surface area contributed by atoms with Crippen LogP contribution < -0.4 is 5.32 Å². The molecule has 9 nitrogen and oxygen atoms in total. The van der Waals surface area contributed by atoms with Crippen LogP contribution in [-0.4, -0.2) is 25.8 Å². The van der Waals surface area contributed by atoms with Crippen molar-refractivity contribution >= 4 is 17.3 Å². The van der Waals surface area contributed by atoms with Crippen LogP contribution in [-0.2, 0) is 12.7 Å². The molecule has 1 aromatic carbocycles. The highest BCUT2D eigenvalue weighted by molar-refractivity contribution is 6.03. The molecule has 0 aliphatic carbocycles. The maximum Gasteiger partial charge on any atom is 0.416 e. The number of benzene rings is 1. The molecule has 0 aliphatic heterocycles. The Hall–Kier alpha value is -3.70. The van der Waals surface area contributed by atoms with Crippen molar-refractivity contribution in [3.63, 3.8) is 0 Å². The Balaban J connectivity index is 1.89. The van der Waals surface area contributed by atoms with E-state index in [-0.39, 0.29) is 40.8 Å². The van der Waals surface area contributed by atoms with Crippen LogP contribution in [0, 0.1) is 30.9 Å². The summed E-state index contributed by atoms with van der Waals surface area (Å²) in [5.41, 5.74) is -0.474. The second-order valence-corrected chi connectivity index (χ2v) is 6.53. The number of nitrogens with one attached hydrogen (secondary N) is 1. The first-order valence-corrected chi connectivity index (χ1v) is 8.61. The number of nitro groups is 1. The lowest BCUT2D eigenvalue weighted by Gasteiger charge is -2.10. The zero-order chi connectivity index (χ0) is 22.2. The number of amides is 1. The molecule has 0 unspecified atom stereocenters. The van der Waals surface area contributed by atoms with Crippen LogP contribution >= 0.6 is 0 Å². The second-order valence-electron chi connectivity index (χ2n) is 6.53. The molecule has 158 valence electrons. The first-order chi connectivity index (χ1) is 14.0. The van der Waals surface area contributed by atoms with E-state index >= 15 is 0 Å². The van der Waals surface area contributed by atoms with Crippen molar-refractivity contribution in [1.82, 2.24) is 14.9 Å². The smallest absolute Gasteiger partial charge is 0.361 e. The molecule has 0 aliphatic rings. The summed E-state index contributed by atoms with van der Waals surface area (Å²) in [4.78, 5) is 23.2. The minimum absolute atomic E-state index is 0.0405. The van der Waals surface area contributed by atoms with Gasteiger partial charge in [-0.2, -0.15) is 18.3 Å². The minimum Gasteiger partial charge on any atom is -0.361 e. The molecule has 2 heterocycles. The molecule has 1 N–H and O–H groups in total. The van der Waals surface area contributed by atoms with Crippen molar-refractivity contribution < 1.29 is 27.4 Å². The Morgan fingerprint density at radius 2 is 2.00 bits per heavy atom. The summed E-state index contributed by atoms with van der Waals surface area (Å²) in [6, 6.07) is 4.17. The zero-order valence-corrected chi connectivity index (χ0v) is 16.1. The molecule has 30 heavy (non-hydrogen) atoms. The molecule has 0 spiro atoms. The topological polar surface area (TPSA) is 116 Å². The summed E-state index contributed by atoms with van der Waals surface area (Å²) in [5, 5.41) is 21.3. The second kappa shape index (κ2) is 7.61. The number of anilines is 1. The summed E-state index contributed by atoms with van der Waals surface area (Å²) < 4.78 is 45.0. The van der Waals surface area contributed by atoms with Gasteiger partial charge in [0.05, 0.1) is 17.0 Å².